The van der Waals surface area contributed by atoms with Crippen LogP contribution < -0.4 is 5.56 Å². The maximum Gasteiger partial charge on any atom is 0.264 e. The van der Waals surface area contributed by atoms with Crippen molar-refractivity contribution < 1.29 is 9.59 Å². The van der Waals surface area contributed by atoms with Crippen LogP contribution in [0, 0.1) is 0 Å². The highest BCUT2D eigenvalue weighted by molar-refractivity contribution is 7.27. The Hall–Kier alpha value is -5.22. The van der Waals surface area contributed by atoms with Crippen molar-refractivity contribution in [2.75, 3.05) is 0 Å². The quantitative estimate of drug-likeness (QED) is 0.0446. The van der Waals surface area contributed by atoms with E-state index in [-0.39, 0.29) is 23.4 Å². The molecule has 11 rings (SSSR count). The summed E-state index contributed by atoms with van der Waals surface area (Å²) in [7, 11) is 0. The molecule has 9 heteroatoms. The van der Waals surface area contributed by atoms with Crippen LogP contribution in [0.3, 0.4) is 0 Å². The molecule has 6 heterocycles. The van der Waals surface area contributed by atoms with Gasteiger partial charge in [-0.15, -0.1) is 34.0 Å². The third-order valence-electron chi connectivity index (χ3n) is 13.1. The molecule has 0 spiro atoms. The molecule has 0 fully saturated rings. The lowest BCUT2D eigenvalue weighted by molar-refractivity contribution is 0.0517. The number of fused-ring (bicyclic) bond motifs is 6. The number of imide groups is 1. The Labute approximate surface area is 359 Å². The minimum absolute atomic E-state index is 0.0744. The Balaban J connectivity index is 1.08. The summed E-state index contributed by atoms with van der Waals surface area (Å²) in [5, 5.41) is 13.4. The Morgan fingerprint density at radius 1 is 0.550 bits per heavy atom. The average Bonchev–Trinajstić information content (AvgIpc) is 4.10. The molecule has 0 unspecified atom stereocenters. The summed E-state index contributed by atoms with van der Waals surface area (Å²) < 4.78 is 1.85. The summed E-state index contributed by atoms with van der Waals surface area (Å²) in [6, 6.07) is 24.7. The molecule has 0 saturated carbocycles. The van der Waals surface area contributed by atoms with Crippen LogP contribution in [-0.2, 0) is 0 Å². The predicted octanol–water partition coefficient (Wildman–Crippen LogP) is 14.7. The molecule has 0 radical (unpaired) electrons. The molecule has 300 valence electrons. The largest absolute Gasteiger partial charge is 0.271 e. The Morgan fingerprint density at radius 2 is 1.05 bits per heavy atom. The molecular formula is C51H45N3O3S3. The van der Waals surface area contributed by atoms with Crippen LogP contribution in [0.4, 0.5) is 0 Å². The summed E-state index contributed by atoms with van der Waals surface area (Å²) in [4.78, 5) is 55.7. The van der Waals surface area contributed by atoms with Crippen molar-refractivity contribution in [2.24, 2.45) is 0 Å². The molecule has 0 saturated heterocycles. The van der Waals surface area contributed by atoms with Gasteiger partial charge in [0, 0.05) is 48.5 Å². The molecule has 1 aliphatic heterocycles. The minimum atomic E-state index is -0.166. The van der Waals surface area contributed by atoms with Gasteiger partial charge in [0.05, 0.1) is 15.3 Å². The lowest BCUT2D eigenvalue weighted by atomic mass is 9.83. The smallest absolute Gasteiger partial charge is 0.264 e. The normalized spacial score (nSPS) is 13.6. The lowest BCUT2D eigenvalue weighted by Crippen LogP contribution is -2.47. The van der Waals surface area contributed by atoms with E-state index >= 15 is 0 Å². The van der Waals surface area contributed by atoms with Gasteiger partial charge in [-0.1, -0.05) is 114 Å². The van der Waals surface area contributed by atoms with E-state index < -0.39 is 0 Å². The SMILES string of the molecule is CCCCCCCC(CCCCCCC)N1C(=O)c2ccc3c4ccc5c(=O)n6c(nc7c(-c8cccs8)sc(-c8cccs8)c76)c6ccc(c7ccc(c2c37)C1=O)c4c56. The zero-order valence-electron chi connectivity index (χ0n) is 33.9. The predicted molar refractivity (Wildman–Crippen MR) is 254 cm³/mol. The number of carbonyl (C=O) groups excluding carboxylic acids is 2. The van der Waals surface area contributed by atoms with Crippen LogP contribution in [-0.4, -0.2) is 32.1 Å². The first kappa shape index (κ1) is 37.8. The van der Waals surface area contributed by atoms with Gasteiger partial charge >= 0.3 is 0 Å². The maximum absolute atomic E-state index is 14.9. The highest BCUT2D eigenvalue weighted by Crippen LogP contribution is 2.49. The van der Waals surface area contributed by atoms with Gasteiger partial charge in [-0.2, -0.15) is 0 Å². The van der Waals surface area contributed by atoms with E-state index in [4.69, 9.17) is 4.98 Å². The molecule has 1 aliphatic rings. The fraction of sp³-hybridized carbons (Fsp3) is 0.294. The first-order chi connectivity index (χ1) is 29.5. The first-order valence-electron chi connectivity index (χ1n) is 21.8. The van der Waals surface area contributed by atoms with Crippen LogP contribution >= 0.6 is 34.0 Å². The van der Waals surface area contributed by atoms with Crippen molar-refractivity contribution in [3.8, 4) is 19.5 Å². The number of hydrogen-bond donors (Lipinski definition) is 0. The van der Waals surface area contributed by atoms with E-state index in [0.29, 0.717) is 22.2 Å². The van der Waals surface area contributed by atoms with Gasteiger partial charge in [0.1, 0.15) is 11.2 Å². The molecule has 6 nitrogen and oxygen atoms in total. The first-order valence-corrected chi connectivity index (χ1v) is 24.3. The van der Waals surface area contributed by atoms with Gasteiger partial charge in [0.25, 0.3) is 17.4 Å². The fourth-order valence-electron chi connectivity index (χ4n) is 10.3. The maximum atomic E-state index is 14.9. The van der Waals surface area contributed by atoms with Crippen LogP contribution in [0.1, 0.15) is 112 Å². The van der Waals surface area contributed by atoms with Gasteiger partial charge in [-0.05, 0) is 92.3 Å². The summed E-state index contributed by atoms with van der Waals surface area (Å²) in [5.41, 5.74) is 3.54. The van der Waals surface area contributed by atoms with Crippen molar-refractivity contribution >= 4 is 116 Å². The number of aromatic nitrogens is 2. The van der Waals surface area contributed by atoms with Crippen LogP contribution in [0.5, 0.6) is 0 Å². The number of amides is 2. The molecule has 10 aromatic rings. The number of unbranched alkanes of at least 4 members (excludes halogenated alkanes) is 8. The molecule has 0 bridgehead atoms. The van der Waals surface area contributed by atoms with E-state index in [9.17, 15) is 14.4 Å². The topological polar surface area (TPSA) is 71.8 Å². The Kier molecular flexibility index (Phi) is 9.47. The lowest BCUT2D eigenvalue weighted by Gasteiger charge is -2.35. The van der Waals surface area contributed by atoms with E-state index in [0.717, 1.165) is 118 Å². The second kappa shape index (κ2) is 15.0. The van der Waals surface area contributed by atoms with Gasteiger partial charge < -0.3 is 0 Å². The second-order valence-electron chi connectivity index (χ2n) is 16.7. The molecule has 0 aliphatic carbocycles. The number of thiophene rings is 3. The highest BCUT2D eigenvalue weighted by atomic mass is 32.1. The Morgan fingerprint density at radius 3 is 1.62 bits per heavy atom. The van der Waals surface area contributed by atoms with Crippen molar-refractivity contribution in [3.63, 3.8) is 0 Å². The molecule has 5 aromatic heterocycles. The van der Waals surface area contributed by atoms with Crippen LogP contribution in [0.2, 0.25) is 0 Å². The number of rotatable bonds is 15. The summed E-state index contributed by atoms with van der Waals surface area (Å²) in [5.74, 6) is -0.333. The molecule has 2 amide bonds. The van der Waals surface area contributed by atoms with Gasteiger partial charge in [0.2, 0.25) is 0 Å². The molecular weight excluding hydrogens is 799 g/mol. The summed E-state index contributed by atoms with van der Waals surface area (Å²) in [6.07, 6.45) is 13.2. The van der Waals surface area contributed by atoms with E-state index in [2.05, 4.69) is 79.2 Å². The average molecular weight is 844 g/mol. The van der Waals surface area contributed by atoms with Crippen LogP contribution in [0.25, 0.3) is 90.1 Å². The number of imidazole rings is 1. The van der Waals surface area contributed by atoms with Crippen molar-refractivity contribution in [2.45, 2.75) is 96.9 Å². The van der Waals surface area contributed by atoms with Gasteiger partial charge in [0.15, 0.2) is 0 Å². The molecule has 0 N–H and O–H groups in total. The Bertz CT molecular complexity index is 3240. The van der Waals surface area contributed by atoms with E-state index in [1.165, 1.54) is 38.5 Å². The number of carbonyl (C=O) groups is 2. The van der Waals surface area contributed by atoms with Crippen molar-refractivity contribution in [1.29, 1.82) is 0 Å². The van der Waals surface area contributed by atoms with Crippen LogP contribution in [0.15, 0.2) is 88.4 Å². The van der Waals surface area contributed by atoms with Gasteiger partial charge in [-0.3, -0.25) is 23.7 Å². The van der Waals surface area contributed by atoms with E-state index in [1.807, 2.05) is 22.6 Å². The summed E-state index contributed by atoms with van der Waals surface area (Å²) >= 11 is 5.08. The van der Waals surface area contributed by atoms with Crippen molar-refractivity contribution in [3.05, 3.63) is 105 Å². The zero-order valence-corrected chi connectivity index (χ0v) is 36.4. The minimum Gasteiger partial charge on any atom is -0.271 e. The zero-order chi connectivity index (χ0) is 40.6. The highest BCUT2D eigenvalue weighted by Gasteiger charge is 2.38. The number of pyridine rings is 1. The monoisotopic (exact) mass is 843 g/mol. The molecule has 60 heavy (non-hydrogen) atoms. The number of benzene rings is 5. The second-order valence-corrected chi connectivity index (χ2v) is 19.6. The van der Waals surface area contributed by atoms with E-state index in [1.54, 1.807) is 38.9 Å². The van der Waals surface area contributed by atoms with Crippen molar-refractivity contribution in [1.82, 2.24) is 14.3 Å². The number of nitrogens with zero attached hydrogens (tertiary/aromatic N) is 3. The third kappa shape index (κ3) is 5.61. The molecule has 0 atom stereocenters. The summed E-state index contributed by atoms with van der Waals surface area (Å²) in [6.45, 7) is 4.45. The molecule has 5 aromatic carbocycles. The van der Waals surface area contributed by atoms with Gasteiger partial charge in [-0.25, -0.2) is 4.98 Å². The standard InChI is InChI=1S/C51H45N3O3S3/c1-3-5-7-9-11-15-29(16-12-10-8-6-4-2)53-49(55)36-25-21-32-30-19-23-34-42-35(24-20-31(40(30)42)33-22-26-37(50(53)56)43(36)41(32)33)51(57)54-45-44(52-48(34)54)46(38-17-13-27-58-38)60-47(45)39-18-14-28-59-39/h13-14,17-29H,3-12,15-16H2,1-2H3. The number of hydrogen-bond acceptors (Lipinski definition) is 7. The third-order valence-corrected chi connectivity index (χ3v) is 16.4. The fourth-order valence-corrected chi connectivity index (χ4v) is 13.2.